The second-order valence-electron chi connectivity index (χ2n) is 3.50. The maximum atomic E-state index is 5.64. The van der Waals surface area contributed by atoms with Gasteiger partial charge in [-0.3, -0.25) is 0 Å². The van der Waals surface area contributed by atoms with Crippen LogP contribution in [0.15, 0.2) is 34.9 Å². The van der Waals surface area contributed by atoms with Crippen LogP contribution in [0.4, 0.5) is 0 Å². The highest BCUT2D eigenvalue weighted by molar-refractivity contribution is 5.18. The van der Waals surface area contributed by atoms with Crippen LogP contribution in [0.1, 0.15) is 30.2 Å². The summed E-state index contributed by atoms with van der Waals surface area (Å²) < 4.78 is 5.09. The molecule has 0 aliphatic rings. The molecule has 1 heterocycles. The van der Waals surface area contributed by atoms with Crippen LogP contribution in [-0.4, -0.2) is 10.1 Å². The molecule has 78 valence electrons. The molecule has 1 atom stereocenters. The Balaban J connectivity index is 2.12. The Hall–Kier alpha value is -1.68. The summed E-state index contributed by atoms with van der Waals surface area (Å²) in [5.74, 6) is 1.16. The van der Waals surface area contributed by atoms with Gasteiger partial charge >= 0.3 is 0 Å². The minimum Gasteiger partial charge on any atom is -0.339 e. The van der Waals surface area contributed by atoms with Gasteiger partial charge in [0.05, 0.1) is 12.5 Å². The average Bonchev–Trinajstić information content (AvgIpc) is 2.68. The Morgan fingerprint density at radius 3 is 2.67 bits per heavy atom. The lowest BCUT2D eigenvalue weighted by Gasteiger charge is -1.95. The van der Waals surface area contributed by atoms with Crippen molar-refractivity contribution in [3.05, 3.63) is 47.6 Å². The quantitative estimate of drug-likeness (QED) is 0.824. The average molecular weight is 203 g/mol. The van der Waals surface area contributed by atoms with Gasteiger partial charge in [0.2, 0.25) is 5.89 Å². The Labute approximate surface area is 88.1 Å². The molecule has 0 bridgehead atoms. The minimum absolute atomic E-state index is 0.182. The van der Waals surface area contributed by atoms with E-state index in [1.54, 1.807) is 0 Å². The molecule has 2 aromatic rings. The lowest BCUT2D eigenvalue weighted by atomic mass is 10.1. The molecule has 15 heavy (non-hydrogen) atoms. The SMILES string of the molecule is C[C@H](N)c1noc(Cc2ccccc2)n1. The monoisotopic (exact) mass is 203 g/mol. The molecule has 0 saturated carbocycles. The van der Waals surface area contributed by atoms with Crippen molar-refractivity contribution < 1.29 is 4.52 Å². The van der Waals surface area contributed by atoms with Gasteiger partial charge in [0.1, 0.15) is 0 Å². The Bertz CT molecular complexity index is 422. The molecular weight excluding hydrogens is 190 g/mol. The smallest absolute Gasteiger partial charge is 0.231 e. The van der Waals surface area contributed by atoms with Crippen LogP contribution in [0.25, 0.3) is 0 Å². The maximum Gasteiger partial charge on any atom is 0.231 e. The van der Waals surface area contributed by atoms with Crippen molar-refractivity contribution in [1.82, 2.24) is 10.1 Å². The number of nitrogens with two attached hydrogens (primary N) is 1. The Kier molecular flexibility index (Phi) is 2.78. The van der Waals surface area contributed by atoms with Crippen molar-refractivity contribution >= 4 is 0 Å². The van der Waals surface area contributed by atoms with Crippen molar-refractivity contribution in [2.75, 3.05) is 0 Å². The van der Waals surface area contributed by atoms with Gasteiger partial charge in [-0.15, -0.1) is 0 Å². The predicted octanol–water partition coefficient (Wildman–Crippen LogP) is 1.68. The molecule has 1 aromatic heterocycles. The van der Waals surface area contributed by atoms with Crippen molar-refractivity contribution in [3.63, 3.8) is 0 Å². The van der Waals surface area contributed by atoms with E-state index in [2.05, 4.69) is 10.1 Å². The molecule has 2 N–H and O–H groups in total. The fraction of sp³-hybridized carbons (Fsp3) is 0.273. The van der Waals surface area contributed by atoms with Crippen LogP contribution in [-0.2, 0) is 6.42 Å². The van der Waals surface area contributed by atoms with Gasteiger partial charge in [-0.2, -0.15) is 4.98 Å². The third kappa shape index (κ3) is 2.41. The van der Waals surface area contributed by atoms with E-state index >= 15 is 0 Å². The molecule has 4 heteroatoms. The lowest BCUT2D eigenvalue weighted by molar-refractivity contribution is 0.377. The summed E-state index contributed by atoms with van der Waals surface area (Å²) in [6.45, 7) is 1.83. The zero-order chi connectivity index (χ0) is 10.7. The third-order valence-electron chi connectivity index (χ3n) is 2.09. The van der Waals surface area contributed by atoms with Gasteiger partial charge in [-0.05, 0) is 12.5 Å². The maximum absolute atomic E-state index is 5.64. The molecule has 1 aromatic carbocycles. The van der Waals surface area contributed by atoms with Gasteiger partial charge in [0, 0.05) is 0 Å². The summed E-state index contributed by atoms with van der Waals surface area (Å²) in [5.41, 5.74) is 6.79. The number of hydrogen-bond donors (Lipinski definition) is 1. The molecule has 0 aliphatic carbocycles. The molecule has 0 saturated heterocycles. The van der Waals surface area contributed by atoms with Crippen molar-refractivity contribution in [2.24, 2.45) is 5.73 Å². The molecule has 0 radical (unpaired) electrons. The topological polar surface area (TPSA) is 64.9 Å². The largest absolute Gasteiger partial charge is 0.339 e. The van der Waals surface area contributed by atoms with Crippen molar-refractivity contribution in [3.8, 4) is 0 Å². The first-order chi connectivity index (χ1) is 7.25. The Morgan fingerprint density at radius 1 is 1.33 bits per heavy atom. The van der Waals surface area contributed by atoms with E-state index in [0.29, 0.717) is 18.1 Å². The molecule has 0 unspecified atom stereocenters. The van der Waals surface area contributed by atoms with Crippen LogP contribution >= 0.6 is 0 Å². The number of aromatic nitrogens is 2. The molecule has 0 aliphatic heterocycles. The molecule has 0 fully saturated rings. The Morgan fingerprint density at radius 2 is 2.07 bits per heavy atom. The second kappa shape index (κ2) is 4.23. The van der Waals surface area contributed by atoms with Gasteiger partial charge in [0.25, 0.3) is 0 Å². The van der Waals surface area contributed by atoms with Crippen LogP contribution in [0.3, 0.4) is 0 Å². The fourth-order valence-electron chi connectivity index (χ4n) is 1.30. The van der Waals surface area contributed by atoms with Crippen LogP contribution < -0.4 is 5.73 Å². The summed E-state index contributed by atoms with van der Waals surface area (Å²) in [6, 6.07) is 9.81. The van der Waals surface area contributed by atoms with E-state index in [1.165, 1.54) is 0 Å². The first kappa shape index (κ1) is 9.86. The van der Waals surface area contributed by atoms with E-state index in [0.717, 1.165) is 5.56 Å². The molecule has 0 spiro atoms. The number of rotatable bonds is 3. The van der Waals surface area contributed by atoms with Crippen molar-refractivity contribution in [1.29, 1.82) is 0 Å². The van der Waals surface area contributed by atoms with E-state index in [-0.39, 0.29) is 6.04 Å². The van der Waals surface area contributed by atoms with E-state index in [4.69, 9.17) is 10.3 Å². The highest BCUT2D eigenvalue weighted by Crippen LogP contribution is 2.09. The molecule has 4 nitrogen and oxygen atoms in total. The van der Waals surface area contributed by atoms with E-state index in [9.17, 15) is 0 Å². The van der Waals surface area contributed by atoms with Crippen LogP contribution in [0.2, 0.25) is 0 Å². The first-order valence-corrected chi connectivity index (χ1v) is 4.87. The number of hydrogen-bond acceptors (Lipinski definition) is 4. The highest BCUT2D eigenvalue weighted by Gasteiger charge is 2.09. The molecule has 0 amide bonds. The van der Waals surface area contributed by atoms with Crippen LogP contribution in [0.5, 0.6) is 0 Å². The second-order valence-corrected chi connectivity index (χ2v) is 3.50. The number of nitrogens with zero attached hydrogens (tertiary/aromatic N) is 2. The van der Waals surface area contributed by atoms with Crippen molar-refractivity contribution in [2.45, 2.75) is 19.4 Å². The predicted molar refractivity (Wildman–Crippen MR) is 56.1 cm³/mol. The van der Waals surface area contributed by atoms with Gasteiger partial charge < -0.3 is 10.3 Å². The molecular formula is C11H13N3O. The molecule has 2 rings (SSSR count). The summed E-state index contributed by atoms with van der Waals surface area (Å²) in [4.78, 5) is 4.20. The summed E-state index contributed by atoms with van der Waals surface area (Å²) in [7, 11) is 0. The normalized spacial score (nSPS) is 12.7. The lowest BCUT2D eigenvalue weighted by Crippen LogP contribution is -2.06. The summed E-state index contributed by atoms with van der Waals surface area (Å²) in [5, 5.41) is 3.80. The standard InChI is InChI=1S/C11H13N3O/c1-8(12)11-13-10(15-14-11)7-9-5-3-2-4-6-9/h2-6,8H,7,12H2,1H3/t8-/m0/s1. The zero-order valence-electron chi connectivity index (χ0n) is 8.55. The summed E-state index contributed by atoms with van der Waals surface area (Å²) in [6.07, 6.45) is 0.653. The van der Waals surface area contributed by atoms with Gasteiger partial charge in [-0.1, -0.05) is 35.5 Å². The summed E-state index contributed by atoms with van der Waals surface area (Å²) >= 11 is 0. The highest BCUT2D eigenvalue weighted by atomic mass is 16.5. The number of benzene rings is 1. The zero-order valence-corrected chi connectivity index (χ0v) is 8.55. The third-order valence-corrected chi connectivity index (χ3v) is 2.09. The van der Waals surface area contributed by atoms with E-state index in [1.807, 2.05) is 37.3 Å². The van der Waals surface area contributed by atoms with Gasteiger partial charge in [-0.25, -0.2) is 0 Å². The van der Waals surface area contributed by atoms with Crippen LogP contribution in [0, 0.1) is 0 Å². The first-order valence-electron chi connectivity index (χ1n) is 4.87. The van der Waals surface area contributed by atoms with Gasteiger partial charge in [0.15, 0.2) is 5.82 Å². The minimum atomic E-state index is -0.182. The fourth-order valence-corrected chi connectivity index (χ4v) is 1.30. The van der Waals surface area contributed by atoms with E-state index < -0.39 is 0 Å².